The second-order valence-electron chi connectivity index (χ2n) is 7.01. The van der Waals surface area contributed by atoms with E-state index in [1.165, 1.54) is 0 Å². The second-order valence-corrected chi connectivity index (χ2v) is 8.76. The minimum Gasteiger partial charge on any atom is -0.346 e. The Bertz CT molecular complexity index is 1070. The van der Waals surface area contributed by atoms with Gasteiger partial charge in [-0.2, -0.15) is 0 Å². The molecule has 0 bridgehead atoms. The maximum absolute atomic E-state index is 12.8. The number of hydrogen-bond donors (Lipinski definition) is 2. The number of amides is 1. The predicted octanol–water partition coefficient (Wildman–Crippen LogP) is 3.92. The molecular formula is C20H23N3O3S. The molecule has 2 N–H and O–H groups in total. The highest BCUT2D eigenvalue weighted by atomic mass is 32.2. The standard InChI is InChI=1S/C20H23N3O3S/c1-14(2)12-23-13-18(17-6-4-5-7-19(17)23)20(24)21-15-8-10-16(11-9-15)22-27(3,25)26/h4-11,13-14,22H,12H2,1-3H3,(H,21,24). The monoisotopic (exact) mass is 385 g/mol. The van der Waals surface area contributed by atoms with Gasteiger partial charge >= 0.3 is 0 Å². The zero-order chi connectivity index (χ0) is 19.6. The largest absolute Gasteiger partial charge is 0.346 e. The Labute approximate surface area is 159 Å². The summed E-state index contributed by atoms with van der Waals surface area (Å²) < 4.78 is 27.0. The summed E-state index contributed by atoms with van der Waals surface area (Å²) in [5, 5.41) is 3.79. The SMILES string of the molecule is CC(C)Cn1cc(C(=O)Nc2ccc(NS(C)(=O)=O)cc2)c2ccccc21. The fraction of sp³-hybridized carbons (Fsp3) is 0.250. The minimum atomic E-state index is -3.33. The fourth-order valence-corrected chi connectivity index (χ4v) is 3.57. The number of carbonyl (C=O) groups excluding carboxylic acids is 1. The molecule has 0 aliphatic rings. The summed E-state index contributed by atoms with van der Waals surface area (Å²) in [4.78, 5) is 12.8. The van der Waals surface area contributed by atoms with Crippen molar-refractivity contribution in [2.45, 2.75) is 20.4 Å². The summed E-state index contributed by atoms with van der Waals surface area (Å²) in [5.41, 5.74) is 2.69. The van der Waals surface area contributed by atoms with Crippen molar-refractivity contribution in [2.24, 2.45) is 5.92 Å². The molecular weight excluding hydrogens is 362 g/mol. The Balaban J connectivity index is 1.84. The van der Waals surface area contributed by atoms with E-state index in [0.717, 1.165) is 23.7 Å². The summed E-state index contributed by atoms with van der Waals surface area (Å²) in [6.07, 6.45) is 2.98. The molecule has 3 rings (SSSR count). The van der Waals surface area contributed by atoms with Gasteiger partial charge in [-0.1, -0.05) is 32.0 Å². The Morgan fingerprint density at radius 2 is 1.67 bits per heavy atom. The maximum Gasteiger partial charge on any atom is 0.257 e. The predicted molar refractivity (Wildman–Crippen MR) is 110 cm³/mol. The van der Waals surface area contributed by atoms with Crippen molar-refractivity contribution in [2.75, 3.05) is 16.3 Å². The molecule has 1 heterocycles. The van der Waals surface area contributed by atoms with Gasteiger partial charge in [0.05, 0.1) is 11.8 Å². The highest BCUT2D eigenvalue weighted by molar-refractivity contribution is 7.92. The zero-order valence-corrected chi connectivity index (χ0v) is 16.4. The number of rotatable bonds is 6. The molecule has 0 saturated heterocycles. The summed E-state index contributed by atoms with van der Waals surface area (Å²) in [7, 11) is -3.33. The highest BCUT2D eigenvalue weighted by Gasteiger charge is 2.15. The van der Waals surface area contributed by atoms with Crippen LogP contribution in [-0.2, 0) is 16.6 Å². The van der Waals surface area contributed by atoms with E-state index in [4.69, 9.17) is 0 Å². The van der Waals surface area contributed by atoms with Crippen LogP contribution in [0.15, 0.2) is 54.7 Å². The molecule has 0 spiro atoms. The average molecular weight is 385 g/mol. The van der Waals surface area contributed by atoms with Gasteiger partial charge in [-0.15, -0.1) is 0 Å². The van der Waals surface area contributed by atoms with Crippen LogP contribution in [0.2, 0.25) is 0 Å². The van der Waals surface area contributed by atoms with Gasteiger partial charge in [0.15, 0.2) is 0 Å². The number of sulfonamides is 1. The minimum absolute atomic E-state index is 0.197. The first-order chi connectivity index (χ1) is 12.7. The molecule has 0 radical (unpaired) electrons. The molecule has 2 aromatic carbocycles. The molecule has 0 aliphatic carbocycles. The molecule has 0 aliphatic heterocycles. The number of benzene rings is 2. The van der Waals surface area contributed by atoms with Crippen molar-refractivity contribution < 1.29 is 13.2 Å². The van der Waals surface area contributed by atoms with Crippen molar-refractivity contribution in [3.63, 3.8) is 0 Å². The molecule has 6 nitrogen and oxygen atoms in total. The normalized spacial score (nSPS) is 11.7. The smallest absolute Gasteiger partial charge is 0.257 e. The van der Waals surface area contributed by atoms with Crippen LogP contribution in [0.5, 0.6) is 0 Å². The molecule has 0 atom stereocenters. The van der Waals surface area contributed by atoms with Gasteiger partial charge in [0.2, 0.25) is 10.0 Å². The van der Waals surface area contributed by atoms with Crippen LogP contribution >= 0.6 is 0 Å². The van der Waals surface area contributed by atoms with E-state index in [0.29, 0.717) is 22.9 Å². The van der Waals surface area contributed by atoms with Crippen molar-refractivity contribution in [3.8, 4) is 0 Å². The second kappa shape index (κ2) is 7.44. The van der Waals surface area contributed by atoms with E-state index in [9.17, 15) is 13.2 Å². The molecule has 7 heteroatoms. The zero-order valence-electron chi connectivity index (χ0n) is 15.6. The van der Waals surface area contributed by atoms with Crippen LogP contribution in [0.1, 0.15) is 24.2 Å². The number of aromatic nitrogens is 1. The Morgan fingerprint density at radius 1 is 1.04 bits per heavy atom. The summed E-state index contributed by atoms with van der Waals surface area (Å²) in [6.45, 7) is 5.11. The number of nitrogens with one attached hydrogen (secondary N) is 2. The summed E-state index contributed by atoms with van der Waals surface area (Å²) in [6, 6.07) is 14.4. The van der Waals surface area contributed by atoms with Gasteiger partial charge in [-0.3, -0.25) is 9.52 Å². The lowest BCUT2D eigenvalue weighted by molar-refractivity contribution is 0.102. The number of anilines is 2. The van der Waals surface area contributed by atoms with Gasteiger partial charge in [-0.25, -0.2) is 8.42 Å². The lowest BCUT2D eigenvalue weighted by atomic mass is 10.1. The number of nitrogens with zero attached hydrogens (tertiary/aromatic N) is 1. The lowest BCUT2D eigenvalue weighted by Gasteiger charge is -2.08. The van der Waals surface area contributed by atoms with Crippen molar-refractivity contribution in [1.82, 2.24) is 4.57 Å². The van der Waals surface area contributed by atoms with Gasteiger partial charge < -0.3 is 9.88 Å². The Kier molecular flexibility index (Phi) is 5.23. The highest BCUT2D eigenvalue weighted by Crippen LogP contribution is 2.24. The third kappa shape index (κ3) is 4.68. The van der Waals surface area contributed by atoms with Gasteiger partial charge in [0.1, 0.15) is 0 Å². The summed E-state index contributed by atoms with van der Waals surface area (Å²) >= 11 is 0. The molecule has 0 saturated carbocycles. The first kappa shape index (κ1) is 19.0. The average Bonchev–Trinajstić information content (AvgIpc) is 2.94. The van der Waals surface area contributed by atoms with Crippen molar-refractivity contribution >= 4 is 38.2 Å². The van der Waals surface area contributed by atoms with Crippen LogP contribution in [0.25, 0.3) is 10.9 Å². The molecule has 1 aromatic heterocycles. The topological polar surface area (TPSA) is 80.2 Å². The van der Waals surface area contributed by atoms with Crippen LogP contribution in [0.4, 0.5) is 11.4 Å². The van der Waals surface area contributed by atoms with Gasteiger partial charge in [0.25, 0.3) is 5.91 Å². The fourth-order valence-electron chi connectivity index (χ4n) is 3.01. The third-order valence-electron chi connectivity index (χ3n) is 4.04. The lowest BCUT2D eigenvalue weighted by Crippen LogP contribution is -2.12. The number of fused-ring (bicyclic) bond motifs is 1. The molecule has 142 valence electrons. The van der Waals surface area contributed by atoms with Gasteiger partial charge in [0, 0.05) is 35.0 Å². The first-order valence-corrected chi connectivity index (χ1v) is 10.6. The van der Waals surface area contributed by atoms with Crippen LogP contribution in [-0.4, -0.2) is 25.1 Å². The van der Waals surface area contributed by atoms with Crippen LogP contribution in [0.3, 0.4) is 0 Å². The molecule has 0 fully saturated rings. The van der Waals surface area contributed by atoms with E-state index in [1.807, 2.05) is 30.5 Å². The molecule has 0 unspecified atom stereocenters. The van der Waals surface area contributed by atoms with Crippen LogP contribution in [0, 0.1) is 5.92 Å². The van der Waals surface area contributed by atoms with Crippen LogP contribution < -0.4 is 10.0 Å². The van der Waals surface area contributed by atoms with Gasteiger partial charge in [-0.05, 0) is 36.2 Å². The number of hydrogen-bond acceptors (Lipinski definition) is 3. The molecule has 27 heavy (non-hydrogen) atoms. The number of para-hydroxylation sites is 1. The first-order valence-electron chi connectivity index (χ1n) is 8.70. The Hall–Kier alpha value is -2.80. The van der Waals surface area contributed by atoms with E-state index < -0.39 is 10.0 Å². The van der Waals surface area contributed by atoms with E-state index in [1.54, 1.807) is 24.3 Å². The summed E-state index contributed by atoms with van der Waals surface area (Å²) in [5.74, 6) is 0.268. The van der Waals surface area contributed by atoms with E-state index in [2.05, 4.69) is 28.5 Å². The van der Waals surface area contributed by atoms with E-state index >= 15 is 0 Å². The van der Waals surface area contributed by atoms with Crippen molar-refractivity contribution in [3.05, 3.63) is 60.3 Å². The quantitative estimate of drug-likeness (QED) is 0.675. The third-order valence-corrected chi connectivity index (χ3v) is 4.65. The van der Waals surface area contributed by atoms with Crippen molar-refractivity contribution in [1.29, 1.82) is 0 Å². The maximum atomic E-state index is 12.8. The molecule has 3 aromatic rings. The Morgan fingerprint density at radius 3 is 2.30 bits per heavy atom. The molecule has 1 amide bonds. The number of carbonyl (C=O) groups is 1. The van der Waals surface area contributed by atoms with E-state index in [-0.39, 0.29) is 5.91 Å².